The topological polar surface area (TPSA) is 72.0 Å². The number of benzene rings is 2. The van der Waals surface area contributed by atoms with Crippen LogP contribution >= 0.6 is 11.3 Å². The molecule has 7 heteroatoms. The zero-order chi connectivity index (χ0) is 20.4. The van der Waals surface area contributed by atoms with Crippen molar-refractivity contribution in [2.24, 2.45) is 0 Å². The van der Waals surface area contributed by atoms with E-state index in [2.05, 4.69) is 10.3 Å². The van der Waals surface area contributed by atoms with Crippen molar-refractivity contribution in [3.05, 3.63) is 83.0 Å². The largest absolute Gasteiger partial charge is 0.358 e. The summed E-state index contributed by atoms with van der Waals surface area (Å²) >= 11 is 1.59. The van der Waals surface area contributed by atoms with E-state index in [9.17, 15) is 8.42 Å². The van der Waals surface area contributed by atoms with Crippen LogP contribution in [0.25, 0.3) is 10.2 Å². The van der Waals surface area contributed by atoms with Gasteiger partial charge >= 0.3 is 0 Å². The molecule has 0 aliphatic heterocycles. The summed E-state index contributed by atoms with van der Waals surface area (Å²) in [6, 6.07) is 18.8. The van der Waals surface area contributed by atoms with Crippen LogP contribution in [0, 0.1) is 0 Å². The van der Waals surface area contributed by atoms with E-state index in [1.165, 1.54) is 6.26 Å². The monoisotopic (exact) mass is 423 g/mol. The van der Waals surface area contributed by atoms with Crippen molar-refractivity contribution >= 4 is 37.2 Å². The molecule has 4 aromatic rings. The molecule has 0 amide bonds. The van der Waals surface area contributed by atoms with Gasteiger partial charge in [-0.1, -0.05) is 49.4 Å². The Morgan fingerprint density at radius 2 is 1.76 bits per heavy atom. The van der Waals surface area contributed by atoms with Gasteiger partial charge in [0.1, 0.15) is 16.5 Å². The van der Waals surface area contributed by atoms with E-state index in [-0.39, 0.29) is 6.04 Å². The summed E-state index contributed by atoms with van der Waals surface area (Å²) in [6.07, 6.45) is 1.96. The van der Waals surface area contributed by atoms with Crippen LogP contribution in [0.2, 0.25) is 0 Å². The van der Waals surface area contributed by atoms with Crippen LogP contribution in [0.5, 0.6) is 0 Å². The van der Waals surface area contributed by atoms with E-state index >= 15 is 0 Å². The van der Waals surface area contributed by atoms with Gasteiger partial charge < -0.3 is 5.32 Å². The summed E-state index contributed by atoms with van der Waals surface area (Å²) in [5, 5.41) is 6.53. The number of anilines is 1. The normalized spacial score (nSPS) is 12.8. The second kappa shape index (κ2) is 7.93. The fraction of sp³-hybridized carbons (Fsp3) is 0.182. The van der Waals surface area contributed by atoms with Crippen LogP contribution in [0.15, 0.2) is 70.9 Å². The molecule has 4 rings (SSSR count). The van der Waals surface area contributed by atoms with Gasteiger partial charge in [-0.2, -0.15) is 0 Å². The molecule has 0 spiro atoms. The second-order valence-corrected chi connectivity index (χ2v) is 9.72. The molecule has 0 saturated carbocycles. The highest BCUT2D eigenvalue weighted by Crippen LogP contribution is 2.32. The van der Waals surface area contributed by atoms with E-state index in [1.54, 1.807) is 29.5 Å². The minimum absolute atomic E-state index is 0.249. The van der Waals surface area contributed by atoms with Gasteiger partial charge in [0.25, 0.3) is 0 Å². The van der Waals surface area contributed by atoms with Crippen molar-refractivity contribution in [1.82, 2.24) is 9.97 Å². The summed E-state index contributed by atoms with van der Waals surface area (Å²) in [5.41, 5.74) is 1.89. The van der Waals surface area contributed by atoms with Gasteiger partial charge in [0.05, 0.1) is 16.3 Å². The van der Waals surface area contributed by atoms with Crippen LogP contribution in [0.4, 0.5) is 5.82 Å². The standard InChI is InChI=1S/C22H21N3O2S2/c1-3-19-23-21(18-12-13-28-22(18)24-19)25-20(15-8-5-4-6-9-15)16-10-7-11-17(14-16)29(2,26)27/h4-14,20H,3H2,1-2H3,(H,23,24,25). The highest BCUT2D eigenvalue weighted by Gasteiger charge is 2.19. The van der Waals surface area contributed by atoms with Crippen molar-refractivity contribution in [2.45, 2.75) is 24.3 Å². The number of fused-ring (bicyclic) bond motifs is 1. The molecule has 148 valence electrons. The maximum absolute atomic E-state index is 12.1. The van der Waals surface area contributed by atoms with Gasteiger partial charge in [-0.05, 0) is 34.7 Å². The number of hydrogen-bond donors (Lipinski definition) is 1. The lowest BCUT2D eigenvalue weighted by Crippen LogP contribution is -2.15. The Labute approximate surface area is 174 Å². The first-order valence-electron chi connectivity index (χ1n) is 9.31. The Kier molecular flexibility index (Phi) is 5.34. The lowest BCUT2D eigenvalue weighted by molar-refractivity contribution is 0.601. The minimum atomic E-state index is -3.30. The molecule has 0 aliphatic carbocycles. The summed E-state index contributed by atoms with van der Waals surface area (Å²) in [7, 11) is -3.30. The summed E-state index contributed by atoms with van der Waals surface area (Å²) in [5.74, 6) is 1.53. The lowest BCUT2D eigenvalue weighted by Gasteiger charge is -2.22. The SMILES string of the molecule is CCc1nc(NC(c2ccccc2)c2cccc(S(C)(=O)=O)c2)c2ccsc2n1. The predicted octanol–water partition coefficient (Wildman–Crippen LogP) is 4.86. The number of nitrogens with zero attached hydrogens (tertiary/aromatic N) is 2. The van der Waals surface area contributed by atoms with E-state index in [4.69, 9.17) is 4.98 Å². The zero-order valence-corrected chi connectivity index (χ0v) is 17.8. The quantitative estimate of drug-likeness (QED) is 0.480. The maximum atomic E-state index is 12.1. The first-order chi connectivity index (χ1) is 14.0. The second-order valence-electron chi connectivity index (χ2n) is 6.81. The van der Waals surface area contributed by atoms with E-state index in [0.717, 1.165) is 39.4 Å². The molecule has 0 radical (unpaired) electrons. The van der Waals surface area contributed by atoms with Gasteiger partial charge in [0.2, 0.25) is 0 Å². The average Bonchev–Trinajstić information content (AvgIpc) is 3.20. The van der Waals surface area contributed by atoms with Gasteiger partial charge in [-0.3, -0.25) is 0 Å². The molecule has 0 aliphatic rings. The van der Waals surface area contributed by atoms with Gasteiger partial charge in [-0.25, -0.2) is 18.4 Å². The maximum Gasteiger partial charge on any atom is 0.175 e. The Morgan fingerprint density at radius 1 is 1.00 bits per heavy atom. The predicted molar refractivity (Wildman–Crippen MR) is 118 cm³/mol. The number of hydrogen-bond acceptors (Lipinski definition) is 6. The average molecular weight is 424 g/mol. The van der Waals surface area contributed by atoms with Crippen LogP contribution in [0.3, 0.4) is 0 Å². The van der Waals surface area contributed by atoms with E-state index in [0.29, 0.717) is 4.90 Å². The molecule has 0 bridgehead atoms. The van der Waals surface area contributed by atoms with Crippen LogP contribution in [-0.2, 0) is 16.3 Å². The van der Waals surface area contributed by atoms with Crippen molar-refractivity contribution in [2.75, 3.05) is 11.6 Å². The number of nitrogens with one attached hydrogen (secondary N) is 1. The van der Waals surface area contributed by atoms with Crippen molar-refractivity contribution in [3.8, 4) is 0 Å². The number of thiophene rings is 1. The zero-order valence-electron chi connectivity index (χ0n) is 16.2. The Balaban J connectivity index is 1.85. The highest BCUT2D eigenvalue weighted by molar-refractivity contribution is 7.90. The molecule has 1 unspecified atom stereocenters. The minimum Gasteiger partial charge on any atom is -0.358 e. The van der Waals surface area contributed by atoms with Gasteiger partial charge in [0, 0.05) is 12.7 Å². The van der Waals surface area contributed by atoms with Crippen LogP contribution in [-0.4, -0.2) is 24.6 Å². The Morgan fingerprint density at radius 3 is 2.48 bits per heavy atom. The molecule has 2 aromatic carbocycles. The van der Waals surface area contributed by atoms with E-state index in [1.807, 2.05) is 54.8 Å². The molecule has 2 aromatic heterocycles. The summed E-state index contributed by atoms with van der Waals surface area (Å²) in [6.45, 7) is 2.03. The first kappa shape index (κ1) is 19.5. The third-order valence-electron chi connectivity index (χ3n) is 4.72. The summed E-state index contributed by atoms with van der Waals surface area (Å²) in [4.78, 5) is 10.6. The number of rotatable bonds is 6. The summed E-state index contributed by atoms with van der Waals surface area (Å²) < 4.78 is 24.2. The molecule has 5 nitrogen and oxygen atoms in total. The molecule has 0 saturated heterocycles. The molecular weight excluding hydrogens is 402 g/mol. The molecule has 0 fully saturated rings. The third-order valence-corrected chi connectivity index (χ3v) is 6.64. The smallest absolute Gasteiger partial charge is 0.175 e. The highest BCUT2D eigenvalue weighted by atomic mass is 32.2. The van der Waals surface area contributed by atoms with Crippen LogP contribution in [0.1, 0.15) is 29.9 Å². The van der Waals surface area contributed by atoms with Gasteiger partial charge in [-0.15, -0.1) is 11.3 Å². The van der Waals surface area contributed by atoms with Crippen molar-refractivity contribution < 1.29 is 8.42 Å². The number of aromatic nitrogens is 2. The first-order valence-corrected chi connectivity index (χ1v) is 12.1. The van der Waals surface area contributed by atoms with Crippen molar-refractivity contribution in [1.29, 1.82) is 0 Å². The van der Waals surface area contributed by atoms with E-state index < -0.39 is 9.84 Å². The number of aryl methyl sites for hydroxylation is 1. The fourth-order valence-corrected chi connectivity index (χ4v) is 4.69. The fourth-order valence-electron chi connectivity index (χ4n) is 3.23. The lowest BCUT2D eigenvalue weighted by atomic mass is 9.98. The Bertz CT molecular complexity index is 1250. The third kappa shape index (κ3) is 4.16. The molecular formula is C22H21N3O2S2. The van der Waals surface area contributed by atoms with Crippen LogP contribution < -0.4 is 5.32 Å². The Hall–Kier alpha value is -2.77. The molecule has 1 atom stereocenters. The molecule has 1 N–H and O–H groups in total. The number of sulfone groups is 1. The molecule has 29 heavy (non-hydrogen) atoms. The molecule has 2 heterocycles. The van der Waals surface area contributed by atoms with Gasteiger partial charge in [0.15, 0.2) is 9.84 Å². The van der Waals surface area contributed by atoms with Crippen molar-refractivity contribution in [3.63, 3.8) is 0 Å².